The van der Waals surface area contributed by atoms with Crippen molar-refractivity contribution in [1.82, 2.24) is 0 Å². The predicted octanol–water partition coefficient (Wildman–Crippen LogP) is 2.73. The minimum Gasteiger partial charge on any atom is -0.399 e. The highest BCUT2D eigenvalue weighted by Crippen LogP contribution is 2.16. The second-order valence-electron chi connectivity index (χ2n) is 3.95. The Labute approximate surface area is 110 Å². The van der Waals surface area contributed by atoms with Crippen molar-refractivity contribution in [1.29, 1.82) is 0 Å². The molecule has 0 unspecified atom stereocenters. The van der Waals surface area contributed by atoms with Gasteiger partial charge in [-0.25, -0.2) is 4.79 Å². The molecule has 0 bridgehead atoms. The van der Waals surface area contributed by atoms with Gasteiger partial charge in [-0.1, -0.05) is 18.2 Å². The summed E-state index contributed by atoms with van der Waals surface area (Å²) in [5.74, 6) is 0. The van der Waals surface area contributed by atoms with Crippen LogP contribution in [0.25, 0.3) is 0 Å². The number of hydrogen-bond acceptors (Lipinski definition) is 3. The van der Waals surface area contributed by atoms with Gasteiger partial charge in [0.2, 0.25) is 0 Å². The predicted molar refractivity (Wildman–Crippen MR) is 75.3 cm³/mol. The number of aldehydes is 1. The Hall–Kier alpha value is -2.82. The number of nitrogens with one attached hydrogen (secondary N) is 2. The number of anilines is 3. The lowest BCUT2D eigenvalue weighted by Crippen LogP contribution is -2.19. The van der Waals surface area contributed by atoms with Gasteiger partial charge in [-0.3, -0.25) is 4.79 Å². The maximum atomic E-state index is 11.7. The number of hydrogen-bond donors (Lipinski definition) is 3. The van der Waals surface area contributed by atoms with Crippen molar-refractivity contribution in [2.75, 3.05) is 16.4 Å². The van der Waals surface area contributed by atoms with Crippen LogP contribution in [0.5, 0.6) is 0 Å². The van der Waals surface area contributed by atoms with Gasteiger partial charge in [0.1, 0.15) is 6.29 Å². The molecule has 2 aromatic carbocycles. The van der Waals surface area contributed by atoms with Crippen molar-refractivity contribution < 1.29 is 9.59 Å². The normalized spacial score (nSPS) is 9.68. The van der Waals surface area contributed by atoms with Crippen molar-refractivity contribution in [3.8, 4) is 0 Å². The Morgan fingerprint density at radius 1 is 1.00 bits per heavy atom. The molecule has 0 fully saturated rings. The first-order chi connectivity index (χ1) is 9.17. The van der Waals surface area contributed by atoms with E-state index in [0.29, 0.717) is 28.9 Å². The fourth-order valence-corrected chi connectivity index (χ4v) is 1.63. The number of nitrogen functional groups attached to an aromatic ring is 1. The average molecular weight is 255 g/mol. The minimum absolute atomic E-state index is 0.395. The van der Waals surface area contributed by atoms with Gasteiger partial charge in [-0.2, -0.15) is 0 Å². The Kier molecular flexibility index (Phi) is 3.78. The molecule has 0 spiro atoms. The SMILES string of the molecule is Nc1cc(C=O)cc(NC(=O)Nc2ccccc2)c1. The molecule has 5 heteroatoms. The van der Waals surface area contributed by atoms with Crippen molar-refractivity contribution >= 4 is 29.4 Å². The topological polar surface area (TPSA) is 84.2 Å². The monoisotopic (exact) mass is 255 g/mol. The molecule has 0 saturated heterocycles. The van der Waals surface area contributed by atoms with Crippen molar-refractivity contribution in [2.24, 2.45) is 0 Å². The molecule has 0 radical (unpaired) electrons. The van der Waals surface area contributed by atoms with E-state index >= 15 is 0 Å². The van der Waals surface area contributed by atoms with Crippen molar-refractivity contribution in [3.63, 3.8) is 0 Å². The van der Waals surface area contributed by atoms with Crippen LogP contribution in [-0.4, -0.2) is 12.3 Å². The van der Waals surface area contributed by atoms with Crippen LogP contribution in [0.4, 0.5) is 21.9 Å². The summed E-state index contributed by atoms with van der Waals surface area (Å²) in [5, 5.41) is 5.29. The van der Waals surface area contributed by atoms with Crippen LogP contribution in [0.3, 0.4) is 0 Å². The quantitative estimate of drug-likeness (QED) is 0.582. The number of benzene rings is 2. The molecule has 0 heterocycles. The first-order valence-corrected chi connectivity index (χ1v) is 5.66. The van der Waals surface area contributed by atoms with Crippen LogP contribution in [0.1, 0.15) is 10.4 Å². The molecule has 2 rings (SSSR count). The Morgan fingerprint density at radius 3 is 2.37 bits per heavy atom. The van der Waals surface area contributed by atoms with Crippen LogP contribution in [0.2, 0.25) is 0 Å². The lowest BCUT2D eigenvalue weighted by atomic mass is 10.2. The van der Waals surface area contributed by atoms with E-state index in [1.807, 2.05) is 18.2 Å². The molecule has 0 aromatic heterocycles. The molecule has 0 aliphatic carbocycles. The molecule has 5 nitrogen and oxygen atoms in total. The Bertz CT molecular complexity index is 597. The zero-order chi connectivity index (χ0) is 13.7. The van der Waals surface area contributed by atoms with Crippen LogP contribution in [0.15, 0.2) is 48.5 Å². The lowest BCUT2D eigenvalue weighted by molar-refractivity contribution is 0.112. The number of carbonyl (C=O) groups excluding carboxylic acids is 2. The van der Waals surface area contributed by atoms with E-state index < -0.39 is 6.03 Å². The van der Waals surface area contributed by atoms with E-state index in [1.165, 1.54) is 6.07 Å². The van der Waals surface area contributed by atoms with Crippen molar-refractivity contribution in [2.45, 2.75) is 0 Å². The number of urea groups is 1. The summed E-state index contributed by atoms with van der Waals surface area (Å²) in [5.41, 5.74) is 7.61. The largest absolute Gasteiger partial charge is 0.399 e. The lowest BCUT2D eigenvalue weighted by Gasteiger charge is -2.08. The maximum Gasteiger partial charge on any atom is 0.323 e. The summed E-state index contributed by atoms with van der Waals surface area (Å²) in [4.78, 5) is 22.4. The summed E-state index contributed by atoms with van der Waals surface area (Å²) >= 11 is 0. The highest BCUT2D eigenvalue weighted by Gasteiger charge is 2.04. The average Bonchev–Trinajstić information content (AvgIpc) is 2.38. The van der Waals surface area contributed by atoms with Gasteiger partial charge < -0.3 is 16.4 Å². The zero-order valence-electron chi connectivity index (χ0n) is 10.1. The third kappa shape index (κ3) is 3.57. The van der Waals surface area contributed by atoms with Crippen LogP contribution < -0.4 is 16.4 Å². The van der Waals surface area contributed by atoms with Gasteiger partial charge in [0.25, 0.3) is 0 Å². The summed E-state index contributed by atoms with van der Waals surface area (Å²) in [6.07, 6.45) is 0.677. The first-order valence-electron chi connectivity index (χ1n) is 5.66. The molecular weight excluding hydrogens is 242 g/mol. The number of para-hydroxylation sites is 1. The fraction of sp³-hybridized carbons (Fsp3) is 0. The minimum atomic E-state index is -0.395. The number of nitrogens with two attached hydrogens (primary N) is 1. The highest BCUT2D eigenvalue weighted by atomic mass is 16.2. The van der Waals surface area contributed by atoms with E-state index in [9.17, 15) is 9.59 Å². The fourth-order valence-electron chi connectivity index (χ4n) is 1.63. The molecule has 96 valence electrons. The maximum absolute atomic E-state index is 11.7. The van der Waals surface area contributed by atoms with Crippen molar-refractivity contribution in [3.05, 3.63) is 54.1 Å². The molecule has 0 aliphatic heterocycles. The van der Waals surface area contributed by atoms with E-state index in [4.69, 9.17) is 5.73 Å². The highest BCUT2D eigenvalue weighted by molar-refractivity contribution is 6.00. The molecule has 0 saturated carbocycles. The van der Waals surface area contributed by atoms with Gasteiger partial charge >= 0.3 is 6.03 Å². The Balaban J connectivity index is 2.07. The molecular formula is C14H13N3O2. The van der Waals surface area contributed by atoms with Gasteiger partial charge in [0.15, 0.2) is 0 Å². The zero-order valence-corrected chi connectivity index (χ0v) is 10.1. The van der Waals surface area contributed by atoms with Gasteiger partial charge in [0.05, 0.1) is 0 Å². The number of amides is 2. The smallest absolute Gasteiger partial charge is 0.323 e. The standard InChI is InChI=1S/C14H13N3O2/c15-11-6-10(9-18)7-13(8-11)17-14(19)16-12-4-2-1-3-5-12/h1-9H,15H2,(H2,16,17,19). The van der Waals surface area contributed by atoms with E-state index in [1.54, 1.807) is 24.3 Å². The second kappa shape index (κ2) is 5.68. The molecule has 2 amide bonds. The Morgan fingerprint density at radius 2 is 1.68 bits per heavy atom. The molecule has 0 aliphatic rings. The molecule has 4 N–H and O–H groups in total. The first kappa shape index (κ1) is 12.6. The van der Waals surface area contributed by atoms with E-state index in [-0.39, 0.29) is 0 Å². The summed E-state index contributed by atoms with van der Waals surface area (Å²) in [7, 11) is 0. The van der Waals surface area contributed by atoms with Crippen LogP contribution in [-0.2, 0) is 0 Å². The molecule has 0 atom stereocenters. The third-order valence-electron chi connectivity index (χ3n) is 2.40. The summed E-state index contributed by atoms with van der Waals surface area (Å²) in [6, 6.07) is 13.3. The van der Waals surface area contributed by atoms with E-state index in [0.717, 1.165) is 0 Å². The second-order valence-corrected chi connectivity index (χ2v) is 3.95. The van der Waals surface area contributed by atoms with Gasteiger partial charge in [-0.05, 0) is 30.3 Å². The summed E-state index contributed by atoms with van der Waals surface area (Å²) in [6.45, 7) is 0. The van der Waals surface area contributed by atoms with E-state index in [2.05, 4.69) is 10.6 Å². The third-order valence-corrected chi connectivity index (χ3v) is 2.40. The molecule has 19 heavy (non-hydrogen) atoms. The molecule has 2 aromatic rings. The van der Waals surface area contributed by atoms with Crippen LogP contribution >= 0.6 is 0 Å². The van der Waals surface area contributed by atoms with Crippen LogP contribution in [0, 0.1) is 0 Å². The van der Waals surface area contributed by atoms with Gasteiger partial charge in [0, 0.05) is 22.6 Å². The number of carbonyl (C=O) groups is 2. The van der Waals surface area contributed by atoms with Gasteiger partial charge in [-0.15, -0.1) is 0 Å². The summed E-state index contributed by atoms with van der Waals surface area (Å²) < 4.78 is 0. The number of rotatable bonds is 3.